The van der Waals surface area contributed by atoms with Crippen LogP contribution in [0, 0.1) is 0 Å². The summed E-state index contributed by atoms with van der Waals surface area (Å²) in [7, 11) is 0. The summed E-state index contributed by atoms with van der Waals surface area (Å²) in [5.74, 6) is 0. The van der Waals surface area contributed by atoms with Crippen LogP contribution in [0.5, 0.6) is 0 Å². The molecular weight excluding hydrogens is 234 g/mol. The average molecular weight is 247 g/mol. The largest absolute Gasteiger partial charge is 0.444 e. The van der Waals surface area contributed by atoms with E-state index < -0.39 is 0 Å². The maximum atomic E-state index is 11.8. The first-order chi connectivity index (χ1) is 8.78. The number of benzene rings is 1. The molecule has 0 aliphatic carbocycles. The lowest BCUT2D eigenvalue weighted by Gasteiger charge is -2.12. The van der Waals surface area contributed by atoms with Crippen molar-refractivity contribution in [1.82, 2.24) is 4.98 Å². The maximum absolute atomic E-state index is 11.8. The van der Waals surface area contributed by atoms with Gasteiger partial charge in [-0.25, -0.2) is 9.78 Å². The van der Waals surface area contributed by atoms with E-state index in [9.17, 15) is 4.79 Å². The molecule has 0 spiro atoms. The second kappa shape index (κ2) is 4.30. The molecule has 1 aliphatic rings. The molecule has 1 aromatic carbocycles. The van der Waals surface area contributed by atoms with Gasteiger partial charge in [-0.2, -0.15) is 0 Å². The molecule has 1 saturated heterocycles. The predicted octanol–water partition coefficient (Wildman–Crippen LogP) is 1.50. The Morgan fingerprint density at radius 2 is 2.39 bits per heavy atom. The Hall–Kier alpha value is -2.08. The molecule has 0 radical (unpaired) electrons. The third-order valence-electron chi connectivity index (χ3n) is 2.99. The van der Waals surface area contributed by atoms with Crippen LogP contribution in [-0.4, -0.2) is 30.3 Å². The van der Waals surface area contributed by atoms with Crippen molar-refractivity contribution >= 4 is 22.9 Å². The van der Waals surface area contributed by atoms with Crippen LogP contribution in [0.15, 0.2) is 29.0 Å². The Labute approximate surface area is 103 Å². The number of nitrogens with zero attached hydrogens (tertiary/aromatic N) is 2. The normalized spacial score (nSPS) is 19.5. The molecule has 0 saturated carbocycles. The van der Waals surface area contributed by atoms with E-state index in [4.69, 9.17) is 14.9 Å². The van der Waals surface area contributed by atoms with Crippen molar-refractivity contribution in [2.45, 2.75) is 12.5 Å². The van der Waals surface area contributed by atoms with Crippen LogP contribution >= 0.6 is 0 Å². The Balaban J connectivity index is 1.87. The molecule has 1 unspecified atom stereocenters. The number of hydrogen-bond acceptors (Lipinski definition) is 5. The lowest BCUT2D eigenvalue weighted by molar-refractivity contribution is 0.138. The van der Waals surface area contributed by atoms with Crippen molar-refractivity contribution in [3.05, 3.63) is 24.6 Å². The molecule has 1 atom stereocenters. The molecule has 1 amide bonds. The van der Waals surface area contributed by atoms with Gasteiger partial charge in [-0.3, -0.25) is 4.90 Å². The lowest BCUT2D eigenvalue weighted by Crippen LogP contribution is -2.25. The topological polar surface area (TPSA) is 81.6 Å². The second-order valence-electron chi connectivity index (χ2n) is 4.20. The van der Waals surface area contributed by atoms with E-state index in [1.807, 2.05) is 12.1 Å². The van der Waals surface area contributed by atoms with Crippen LogP contribution in [0.3, 0.4) is 0 Å². The minimum atomic E-state index is -0.337. The van der Waals surface area contributed by atoms with E-state index in [0.29, 0.717) is 25.1 Å². The van der Waals surface area contributed by atoms with Gasteiger partial charge in [-0.1, -0.05) is 0 Å². The highest BCUT2D eigenvalue weighted by Crippen LogP contribution is 2.25. The van der Waals surface area contributed by atoms with Gasteiger partial charge in [0.15, 0.2) is 12.0 Å². The third kappa shape index (κ3) is 1.80. The van der Waals surface area contributed by atoms with Crippen LogP contribution in [0.25, 0.3) is 11.1 Å². The van der Waals surface area contributed by atoms with Crippen LogP contribution < -0.4 is 10.6 Å². The summed E-state index contributed by atoms with van der Waals surface area (Å²) in [5.41, 5.74) is 7.65. The number of carbonyl (C=O) groups excluding carboxylic acids is 1. The monoisotopic (exact) mass is 247 g/mol. The number of fused-ring (bicyclic) bond motifs is 1. The van der Waals surface area contributed by atoms with E-state index in [2.05, 4.69) is 4.98 Å². The molecule has 1 aromatic heterocycles. The summed E-state index contributed by atoms with van der Waals surface area (Å²) in [6, 6.07) is 5.42. The maximum Gasteiger partial charge on any atom is 0.414 e. The zero-order chi connectivity index (χ0) is 12.5. The quantitative estimate of drug-likeness (QED) is 0.888. The SMILES string of the molecule is NCCC1CN(c2ccc3ocnc3c2)C(=O)O1. The van der Waals surface area contributed by atoms with E-state index in [0.717, 1.165) is 11.2 Å². The zero-order valence-electron chi connectivity index (χ0n) is 9.70. The first-order valence-electron chi connectivity index (χ1n) is 5.79. The fourth-order valence-corrected chi connectivity index (χ4v) is 2.08. The summed E-state index contributed by atoms with van der Waals surface area (Å²) in [6.45, 7) is 1.04. The molecule has 1 fully saturated rings. The molecule has 2 heterocycles. The van der Waals surface area contributed by atoms with Crippen molar-refractivity contribution in [3.8, 4) is 0 Å². The number of aromatic nitrogens is 1. The minimum absolute atomic E-state index is 0.129. The van der Waals surface area contributed by atoms with Gasteiger partial charge in [0.05, 0.1) is 6.54 Å². The molecule has 1 aliphatic heterocycles. The van der Waals surface area contributed by atoms with Gasteiger partial charge >= 0.3 is 6.09 Å². The van der Waals surface area contributed by atoms with Crippen LogP contribution in [0.2, 0.25) is 0 Å². The van der Waals surface area contributed by atoms with E-state index in [1.54, 1.807) is 11.0 Å². The van der Waals surface area contributed by atoms with Crippen LogP contribution in [-0.2, 0) is 4.74 Å². The molecule has 94 valence electrons. The molecule has 6 heteroatoms. The Kier molecular flexibility index (Phi) is 2.64. The molecule has 18 heavy (non-hydrogen) atoms. The van der Waals surface area contributed by atoms with Crippen molar-refractivity contribution in [3.63, 3.8) is 0 Å². The number of ether oxygens (including phenoxy) is 1. The summed E-state index contributed by atoms with van der Waals surface area (Å²) >= 11 is 0. The highest BCUT2D eigenvalue weighted by atomic mass is 16.6. The van der Waals surface area contributed by atoms with Crippen LogP contribution in [0.4, 0.5) is 10.5 Å². The number of rotatable bonds is 3. The number of amides is 1. The molecule has 3 rings (SSSR count). The number of cyclic esters (lactones) is 1. The number of nitrogens with two attached hydrogens (primary N) is 1. The van der Waals surface area contributed by atoms with Crippen molar-refractivity contribution in [2.24, 2.45) is 5.73 Å². The van der Waals surface area contributed by atoms with Crippen LogP contribution in [0.1, 0.15) is 6.42 Å². The summed E-state index contributed by atoms with van der Waals surface area (Å²) in [4.78, 5) is 17.4. The molecular formula is C12H13N3O3. The van der Waals surface area contributed by atoms with E-state index in [-0.39, 0.29) is 12.2 Å². The fourth-order valence-electron chi connectivity index (χ4n) is 2.08. The number of hydrogen-bond donors (Lipinski definition) is 1. The molecule has 2 aromatic rings. The second-order valence-corrected chi connectivity index (χ2v) is 4.20. The number of anilines is 1. The Morgan fingerprint density at radius 1 is 1.50 bits per heavy atom. The lowest BCUT2D eigenvalue weighted by atomic mass is 10.2. The zero-order valence-corrected chi connectivity index (χ0v) is 9.70. The summed E-state index contributed by atoms with van der Waals surface area (Å²) < 4.78 is 10.4. The highest BCUT2D eigenvalue weighted by molar-refractivity contribution is 5.92. The van der Waals surface area contributed by atoms with Gasteiger partial charge in [-0.15, -0.1) is 0 Å². The predicted molar refractivity (Wildman–Crippen MR) is 65.3 cm³/mol. The first-order valence-corrected chi connectivity index (χ1v) is 5.79. The highest BCUT2D eigenvalue weighted by Gasteiger charge is 2.31. The van der Waals surface area contributed by atoms with Gasteiger partial charge in [0.2, 0.25) is 0 Å². The van der Waals surface area contributed by atoms with Gasteiger partial charge < -0.3 is 14.9 Å². The molecule has 6 nitrogen and oxygen atoms in total. The standard InChI is InChI=1S/C12H13N3O3/c13-4-3-9-6-15(12(16)18-9)8-1-2-11-10(5-8)14-7-17-11/h1-2,5,7,9H,3-4,6,13H2. The number of oxazole rings is 1. The van der Waals surface area contributed by atoms with Gasteiger partial charge in [-0.05, 0) is 31.2 Å². The third-order valence-corrected chi connectivity index (χ3v) is 2.99. The first kappa shape index (κ1) is 11.0. The van der Waals surface area contributed by atoms with Gasteiger partial charge in [0.25, 0.3) is 0 Å². The number of carbonyl (C=O) groups is 1. The molecule has 2 N–H and O–H groups in total. The van der Waals surface area contributed by atoms with Gasteiger partial charge in [0.1, 0.15) is 11.6 Å². The van der Waals surface area contributed by atoms with E-state index >= 15 is 0 Å². The Bertz CT molecular complexity index is 581. The van der Waals surface area contributed by atoms with E-state index in [1.165, 1.54) is 6.39 Å². The summed E-state index contributed by atoms with van der Waals surface area (Å²) in [6.07, 6.45) is 1.59. The summed E-state index contributed by atoms with van der Waals surface area (Å²) in [5, 5.41) is 0. The fraction of sp³-hybridized carbons (Fsp3) is 0.333. The van der Waals surface area contributed by atoms with Gasteiger partial charge in [0, 0.05) is 5.69 Å². The van der Waals surface area contributed by atoms with Crippen molar-refractivity contribution in [1.29, 1.82) is 0 Å². The van der Waals surface area contributed by atoms with Crippen molar-refractivity contribution < 1.29 is 13.9 Å². The van der Waals surface area contributed by atoms with Crippen molar-refractivity contribution in [2.75, 3.05) is 18.0 Å². The Morgan fingerprint density at radius 3 is 3.22 bits per heavy atom. The molecule has 0 bridgehead atoms. The average Bonchev–Trinajstić information content (AvgIpc) is 2.95. The minimum Gasteiger partial charge on any atom is -0.444 e. The smallest absolute Gasteiger partial charge is 0.414 e.